The van der Waals surface area contributed by atoms with Gasteiger partial charge in [-0.15, -0.1) is 0 Å². The van der Waals surface area contributed by atoms with Crippen LogP contribution < -0.4 is 10.6 Å². The quantitative estimate of drug-likeness (QED) is 0.511. The Bertz CT molecular complexity index is 339. The Balaban J connectivity index is 1.98. The summed E-state index contributed by atoms with van der Waals surface area (Å²) < 4.78 is 5.32. The zero-order valence-corrected chi connectivity index (χ0v) is 16.5. The maximum Gasteiger partial charge on any atom is 0.407 e. The monoisotopic (exact) mass is 340 g/mol. The van der Waals surface area contributed by atoms with Gasteiger partial charge in [-0.3, -0.25) is 0 Å². The van der Waals surface area contributed by atoms with Crippen molar-refractivity contribution in [2.24, 2.45) is 0 Å². The molecule has 2 unspecified atom stereocenters. The first kappa shape index (κ1) is 21.3. The van der Waals surface area contributed by atoms with Crippen LogP contribution in [0.3, 0.4) is 0 Å². The van der Waals surface area contributed by atoms with E-state index in [0.29, 0.717) is 6.04 Å². The minimum absolute atomic E-state index is 0.260. The molecular weight excluding hydrogens is 300 g/mol. The number of hydrogen-bond donors (Lipinski definition) is 2. The van der Waals surface area contributed by atoms with Crippen molar-refractivity contribution in [1.29, 1.82) is 0 Å². The summed E-state index contributed by atoms with van der Waals surface area (Å²) in [7, 11) is 0. The van der Waals surface area contributed by atoms with Gasteiger partial charge in [-0.1, -0.05) is 51.9 Å². The van der Waals surface area contributed by atoms with Crippen LogP contribution in [0, 0.1) is 0 Å². The van der Waals surface area contributed by atoms with E-state index < -0.39 is 5.60 Å². The Morgan fingerprint density at radius 3 is 2.17 bits per heavy atom. The molecule has 142 valence electrons. The fraction of sp³-hybridized carbons (Fsp3) is 0.950. The molecule has 2 N–H and O–H groups in total. The first-order chi connectivity index (χ1) is 11.4. The molecule has 0 bridgehead atoms. The SMILES string of the molecule is CCCCCCCCCCNC1CCC(NC(=O)OC(C)(C)C)C1. The van der Waals surface area contributed by atoms with E-state index in [1.807, 2.05) is 20.8 Å². The summed E-state index contributed by atoms with van der Waals surface area (Å²) in [5, 5.41) is 6.65. The summed E-state index contributed by atoms with van der Waals surface area (Å²) in [6, 6.07) is 0.811. The van der Waals surface area contributed by atoms with Crippen LogP contribution in [0.2, 0.25) is 0 Å². The smallest absolute Gasteiger partial charge is 0.407 e. The number of carbonyl (C=O) groups excluding carboxylic acids is 1. The van der Waals surface area contributed by atoms with Crippen molar-refractivity contribution >= 4 is 6.09 Å². The van der Waals surface area contributed by atoms with E-state index >= 15 is 0 Å². The standard InChI is InChI=1S/C20H40N2O2/c1-5-6-7-8-9-10-11-12-15-21-17-13-14-18(16-17)22-19(23)24-20(2,3)4/h17-18,21H,5-16H2,1-4H3,(H,22,23). The first-order valence-corrected chi connectivity index (χ1v) is 10.1. The summed E-state index contributed by atoms with van der Waals surface area (Å²) in [6.07, 6.45) is 13.9. The Labute approximate surface area is 149 Å². The molecule has 0 aliphatic heterocycles. The summed E-state index contributed by atoms with van der Waals surface area (Å²) in [5.74, 6) is 0. The second-order valence-corrected chi connectivity index (χ2v) is 8.28. The van der Waals surface area contributed by atoms with Gasteiger partial charge in [0.05, 0.1) is 0 Å². The normalized spacial score (nSPS) is 21.0. The topological polar surface area (TPSA) is 50.4 Å². The fourth-order valence-corrected chi connectivity index (χ4v) is 3.34. The van der Waals surface area contributed by atoms with E-state index in [2.05, 4.69) is 17.6 Å². The van der Waals surface area contributed by atoms with Gasteiger partial charge in [-0.2, -0.15) is 0 Å². The molecule has 1 amide bonds. The van der Waals surface area contributed by atoms with Gasteiger partial charge in [0, 0.05) is 12.1 Å². The molecule has 0 heterocycles. The van der Waals surface area contributed by atoms with Crippen molar-refractivity contribution in [3.05, 3.63) is 0 Å². The predicted octanol–water partition coefficient (Wildman–Crippen LogP) is 5.16. The van der Waals surface area contributed by atoms with Crippen molar-refractivity contribution in [2.45, 2.75) is 116 Å². The van der Waals surface area contributed by atoms with Gasteiger partial charge in [0.25, 0.3) is 0 Å². The zero-order valence-electron chi connectivity index (χ0n) is 16.5. The Morgan fingerprint density at radius 2 is 1.54 bits per heavy atom. The van der Waals surface area contributed by atoms with Crippen LogP contribution in [0.1, 0.15) is 98.3 Å². The molecule has 1 fully saturated rings. The number of rotatable bonds is 11. The van der Waals surface area contributed by atoms with Crippen LogP contribution in [0.5, 0.6) is 0 Å². The molecule has 1 aliphatic rings. The van der Waals surface area contributed by atoms with Crippen molar-refractivity contribution in [3.8, 4) is 0 Å². The van der Waals surface area contributed by atoms with E-state index in [1.54, 1.807) is 0 Å². The number of alkyl carbamates (subject to hydrolysis) is 1. The largest absolute Gasteiger partial charge is 0.444 e. The van der Waals surface area contributed by atoms with E-state index in [0.717, 1.165) is 25.8 Å². The van der Waals surface area contributed by atoms with Crippen molar-refractivity contribution in [2.75, 3.05) is 6.54 Å². The molecule has 24 heavy (non-hydrogen) atoms. The summed E-state index contributed by atoms with van der Waals surface area (Å²) in [4.78, 5) is 11.8. The van der Waals surface area contributed by atoms with Gasteiger partial charge in [0.15, 0.2) is 0 Å². The molecule has 4 nitrogen and oxygen atoms in total. The Morgan fingerprint density at radius 1 is 0.958 bits per heavy atom. The van der Waals surface area contributed by atoms with E-state index in [4.69, 9.17) is 4.74 Å². The molecule has 1 rings (SSSR count). The van der Waals surface area contributed by atoms with E-state index in [9.17, 15) is 4.79 Å². The maximum atomic E-state index is 11.8. The highest BCUT2D eigenvalue weighted by Gasteiger charge is 2.27. The minimum atomic E-state index is -0.420. The van der Waals surface area contributed by atoms with Gasteiger partial charge in [0.2, 0.25) is 0 Å². The number of amides is 1. The summed E-state index contributed by atoms with van der Waals surface area (Å²) >= 11 is 0. The second-order valence-electron chi connectivity index (χ2n) is 8.28. The van der Waals surface area contributed by atoms with Crippen LogP contribution in [-0.2, 0) is 4.74 Å². The molecule has 0 aromatic rings. The van der Waals surface area contributed by atoms with Crippen LogP contribution in [-0.4, -0.2) is 30.3 Å². The fourth-order valence-electron chi connectivity index (χ4n) is 3.34. The molecule has 0 aromatic heterocycles. The van der Waals surface area contributed by atoms with Crippen LogP contribution in [0.4, 0.5) is 4.79 Å². The molecule has 1 saturated carbocycles. The third-order valence-corrected chi connectivity index (χ3v) is 4.62. The molecular formula is C20H40N2O2. The lowest BCUT2D eigenvalue weighted by Gasteiger charge is -2.21. The molecule has 0 saturated heterocycles. The first-order valence-electron chi connectivity index (χ1n) is 10.1. The lowest BCUT2D eigenvalue weighted by Crippen LogP contribution is -2.39. The number of ether oxygens (including phenoxy) is 1. The van der Waals surface area contributed by atoms with E-state index in [-0.39, 0.29) is 12.1 Å². The molecule has 2 atom stereocenters. The molecule has 0 radical (unpaired) electrons. The predicted molar refractivity (Wildman–Crippen MR) is 101 cm³/mol. The average molecular weight is 341 g/mol. The van der Waals surface area contributed by atoms with Crippen molar-refractivity contribution in [3.63, 3.8) is 0 Å². The highest BCUT2D eigenvalue weighted by Crippen LogP contribution is 2.20. The van der Waals surface area contributed by atoms with Crippen molar-refractivity contribution in [1.82, 2.24) is 10.6 Å². The number of unbranched alkanes of at least 4 members (excludes halogenated alkanes) is 7. The lowest BCUT2D eigenvalue weighted by atomic mass is 10.1. The Kier molecular flexibility index (Phi) is 10.4. The van der Waals surface area contributed by atoms with Gasteiger partial charge in [0.1, 0.15) is 5.60 Å². The Hall–Kier alpha value is -0.770. The third-order valence-electron chi connectivity index (χ3n) is 4.62. The van der Waals surface area contributed by atoms with Crippen molar-refractivity contribution < 1.29 is 9.53 Å². The minimum Gasteiger partial charge on any atom is -0.444 e. The molecule has 4 heteroatoms. The number of carbonyl (C=O) groups is 1. The van der Waals surface area contributed by atoms with E-state index in [1.165, 1.54) is 51.4 Å². The highest BCUT2D eigenvalue weighted by molar-refractivity contribution is 5.68. The van der Waals surface area contributed by atoms with Gasteiger partial charge in [-0.25, -0.2) is 4.79 Å². The summed E-state index contributed by atoms with van der Waals surface area (Å²) in [6.45, 7) is 9.07. The molecule has 0 spiro atoms. The van der Waals surface area contributed by atoms with Gasteiger partial charge >= 0.3 is 6.09 Å². The third kappa shape index (κ3) is 10.9. The molecule has 0 aromatic carbocycles. The van der Waals surface area contributed by atoms with Crippen LogP contribution >= 0.6 is 0 Å². The van der Waals surface area contributed by atoms with Gasteiger partial charge < -0.3 is 15.4 Å². The lowest BCUT2D eigenvalue weighted by molar-refractivity contribution is 0.0505. The zero-order chi connectivity index (χ0) is 17.8. The molecule has 1 aliphatic carbocycles. The maximum absolute atomic E-state index is 11.8. The van der Waals surface area contributed by atoms with Crippen LogP contribution in [0.25, 0.3) is 0 Å². The highest BCUT2D eigenvalue weighted by atomic mass is 16.6. The average Bonchev–Trinajstić information content (AvgIpc) is 2.91. The number of hydrogen-bond acceptors (Lipinski definition) is 3. The second kappa shape index (κ2) is 11.7. The van der Waals surface area contributed by atoms with Gasteiger partial charge in [-0.05, 0) is 53.0 Å². The van der Waals surface area contributed by atoms with Crippen LogP contribution in [0.15, 0.2) is 0 Å². The summed E-state index contributed by atoms with van der Waals surface area (Å²) in [5.41, 5.74) is -0.420. The number of nitrogens with one attached hydrogen (secondary N) is 2.